The van der Waals surface area contributed by atoms with Crippen molar-refractivity contribution in [1.82, 2.24) is 20.4 Å². The van der Waals surface area contributed by atoms with Gasteiger partial charge >= 0.3 is 0 Å². The van der Waals surface area contributed by atoms with E-state index < -0.39 is 0 Å². The standard InChI is InChI=1S/C13H22N4O/c1-4-10-6-12(17(3)16-10)13(18)15-11-5-9(2)7-14-8-11/h6,9,11,14H,4-5,7-8H2,1-3H3,(H,15,18). The van der Waals surface area contributed by atoms with Gasteiger partial charge in [-0.15, -0.1) is 0 Å². The number of aromatic nitrogens is 2. The number of carbonyl (C=O) groups excluding carboxylic acids is 1. The quantitative estimate of drug-likeness (QED) is 0.830. The molecule has 100 valence electrons. The normalized spacial score (nSPS) is 23.9. The van der Waals surface area contributed by atoms with E-state index in [2.05, 4.69) is 22.7 Å². The molecule has 1 fully saturated rings. The van der Waals surface area contributed by atoms with Crippen molar-refractivity contribution in [2.75, 3.05) is 13.1 Å². The minimum Gasteiger partial charge on any atom is -0.347 e. The average molecular weight is 250 g/mol. The highest BCUT2D eigenvalue weighted by molar-refractivity contribution is 5.92. The van der Waals surface area contributed by atoms with Crippen LogP contribution in [0.1, 0.15) is 36.5 Å². The molecular weight excluding hydrogens is 228 g/mol. The molecule has 2 rings (SSSR count). The van der Waals surface area contributed by atoms with Crippen LogP contribution in [0, 0.1) is 5.92 Å². The SMILES string of the molecule is CCc1cc(C(=O)NC2CNCC(C)C2)n(C)n1. The fourth-order valence-corrected chi connectivity index (χ4v) is 2.44. The molecule has 5 heteroatoms. The van der Waals surface area contributed by atoms with Crippen LogP contribution in [0.15, 0.2) is 6.07 Å². The lowest BCUT2D eigenvalue weighted by Gasteiger charge is -2.28. The molecule has 0 bridgehead atoms. The van der Waals surface area contributed by atoms with Gasteiger partial charge in [0.15, 0.2) is 0 Å². The lowest BCUT2D eigenvalue weighted by molar-refractivity contribution is 0.0916. The molecule has 1 amide bonds. The molecule has 1 aromatic rings. The Kier molecular flexibility index (Phi) is 4.01. The van der Waals surface area contributed by atoms with Gasteiger partial charge in [-0.25, -0.2) is 0 Å². The minimum absolute atomic E-state index is 0.0226. The fraction of sp³-hybridized carbons (Fsp3) is 0.692. The molecule has 18 heavy (non-hydrogen) atoms. The van der Waals surface area contributed by atoms with E-state index in [1.807, 2.05) is 20.0 Å². The molecule has 0 spiro atoms. The summed E-state index contributed by atoms with van der Waals surface area (Å²) in [6.07, 6.45) is 1.89. The predicted molar refractivity (Wildman–Crippen MR) is 70.5 cm³/mol. The lowest BCUT2D eigenvalue weighted by atomic mass is 9.97. The van der Waals surface area contributed by atoms with Crippen LogP contribution in [0.3, 0.4) is 0 Å². The second-order valence-corrected chi connectivity index (χ2v) is 5.17. The summed E-state index contributed by atoms with van der Waals surface area (Å²) in [4.78, 5) is 12.2. The third kappa shape index (κ3) is 2.90. The van der Waals surface area contributed by atoms with Crippen molar-refractivity contribution in [2.45, 2.75) is 32.7 Å². The Morgan fingerprint density at radius 2 is 2.39 bits per heavy atom. The first-order valence-electron chi connectivity index (χ1n) is 6.64. The zero-order valence-corrected chi connectivity index (χ0v) is 11.4. The smallest absolute Gasteiger partial charge is 0.269 e. The van der Waals surface area contributed by atoms with Crippen molar-refractivity contribution < 1.29 is 4.79 Å². The maximum Gasteiger partial charge on any atom is 0.269 e. The van der Waals surface area contributed by atoms with Crippen LogP contribution in [0.25, 0.3) is 0 Å². The summed E-state index contributed by atoms with van der Waals surface area (Å²) >= 11 is 0. The van der Waals surface area contributed by atoms with Crippen molar-refractivity contribution in [3.8, 4) is 0 Å². The van der Waals surface area contributed by atoms with Crippen LogP contribution in [-0.2, 0) is 13.5 Å². The molecule has 0 radical (unpaired) electrons. The summed E-state index contributed by atoms with van der Waals surface area (Å²) in [5, 5.41) is 10.7. The molecule has 2 N–H and O–H groups in total. The zero-order chi connectivity index (χ0) is 13.1. The van der Waals surface area contributed by atoms with Crippen LogP contribution in [-0.4, -0.2) is 34.8 Å². The van der Waals surface area contributed by atoms with Gasteiger partial charge in [-0.2, -0.15) is 5.10 Å². The predicted octanol–water partition coefficient (Wildman–Crippen LogP) is 0.710. The Balaban J connectivity index is 2.00. The van der Waals surface area contributed by atoms with Crippen molar-refractivity contribution in [2.24, 2.45) is 13.0 Å². The van der Waals surface area contributed by atoms with E-state index in [4.69, 9.17) is 0 Å². The van der Waals surface area contributed by atoms with Crippen molar-refractivity contribution >= 4 is 5.91 Å². The summed E-state index contributed by atoms with van der Waals surface area (Å²) in [6.45, 7) is 6.13. The number of piperidine rings is 1. The number of amides is 1. The molecular formula is C13H22N4O. The molecule has 0 aromatic carbocycles. The van der Waals surface area contributed by atoms with E-state index in [-0.39, 0.29) is 11.9 Å². The molecule has 2 unspecified atom stereocenters. The second-order valence-electron chi connectivity index (χ2n) is 5.17. The van der Waals surface area contributed by atoms with E-state index >= 15 is 0 Å². The van der Waals surface area contributed by atoms with Gasteiger partial charge < -0.3 is 10.6 Å². The Bertz CT molecular complexity index is 427. The Hall–Kier alpha value is -1.36. The van der Waals surface area contributed by atoms with Crippen LogP contribution in [0.2, 0.25) is 0 Å². The Labute approximate surface area is 108 Å². The second kappa shape index (κ2) is 5.52. The topological polar surface area (TPSA) is 59.0 Å². The third-order valence-electron chi connectivity index (χ3n) is 3.43. The Morgan fingerprint density at radius 3 is 3.00 bits per heavy atom. The maximum atomic E-state index is 12.2. The van der Waals surface area contributed by atoms with Crippen LogP contribution < -0.4 is 10.6 Å². The number of carbonyl (C=O) groups is 1. The average Bonchev–Trinajstić information content (AvgIpc) is 2.70. The largest absolute Gasteiger partial charge is 0.347 e. The molecule has 1 aliphatic heterocycles. The molecule has 2 heterocycles. The molecule has 0 saturated carbocycles. The highest BCUT2D eigenvalue weighted by Crippen LogP contribution is 2.11. The first kappa shape index (κ1) is 13.1. The van der Waals surface area contributed by atoms with Gasteiger partial charge in [0.1, 0.15) is 5.69 Å². The number of rotatable bonds is 3. The summed E-state index contributed by atoms with van der Waals surface area (Å²) < 4.78 is 1.66. The highest BCUT2D eigenvalue weighted by Gasteiger charge is 2.22. The van der Waals surface area contributed by atoms with E-state index in [1.54, 1.807) is 4.68 Å². The summed E-state index contributed by atoms with van der Waals surface area (Å²) in [7, 11) is 1.82. The van der Waals surface area contributed by atoms with Crippen molar-refractivity contribution in [3.05, 3.63) is 17.5 Å². The monoisotopic (exact) mass is 250 g/mol. The van der Waals surface area contributed by atoms with Gasteiger partial charge in [0, 0.05) is 19.6 Å². The summed E-state index contributed by atoms with van der Waals surface area (Å²) in [5.74, 6) is 0.590. The molecule has 2 atom stereocenters. The lowest BCUT2D eigenvalue weighted by Crippen LogP contribution is -2.48. The highest BCUT2D eigenvalue weighted by atomic mass is 16.2. The number of aryl methyl sites for hydroxylation is 2. The molecule has 1 aromatic heterocycles. The van der Waals surface area contributed by atoms with E-state index in [0.717, 1.165) is 31.6 Å². The molecule has 5 nitrogen and oxygen atoms in total. The van der Waals surface area contributed by atoms with Gasteiger partial charge in [0.2, 0.25) is 0 Å². The van der Waals surface area contributed by atoms with Crippen molar-refractivity contribution in [3.63, 3.8) is 0 Å². The summed E-state index contributed by atoms with van der Waals surface area (Å²) in [6, 6.07) is 2.09. The molecule has 1 saturated heterocycles. The fourth-order valence-electron chi connectivity index (χ4n) is 2.44. The zero-order valence-electron chi connectivity index (χ0n) is 11.4. The molecule has 0 aliphatic carbocycles. The van der Waals surface area contributed by atoms with Crippen LogP contribution in [0.4, 0.5) is 0 Å². The van der Waals surface area contributed by atoms with Gasteiger partial charge in [0.05, 0.1) is 5.69 Å². The first-order valence-corrected chi connectivity index (χ1v) is 6.64. The third-order valence-corrected chi connectivity index (χ3v) is 3.43. The summed E-state index contributed by atoms with van der Waals surface area (Å²) in [5.41, 5.74) is 1.60. The van der Waals surface area contributed by atoms with E-state index in [0.29, 0.717) is 11.6 Å². The van der Waals surface area contributed by atoms with Crippen molar-refractivity contribution in [1.29, 1.82) is 0 Å². The number of hydrogen-bond acceptors (Lipinski definition) is 3. The van der Waals surface area contributed by atoms with Gasteiger partial charge in [-0.1, -0.05) is 13.8 Å². The minimum atomic E-state index is -0.0226. The van der Waals surface area contributed by atoms with Crippen LogP contribution in [0.5, 0.6) is 0 Å². The van der Waals surface area contributed by atoms with E-state index in [9.17, 15) is 4.79 Å². The van der Waals surface area contributed by atoms with Gasteiger partial charge in [-0.3, -0.25) is 9.48 Å². The number of hydrogen-bond donors (Lipinski definition) is 2. The number of nitrogens with zero attached hydrogens (tertiary/aromatic N) is 2. The first-order chi connectivity index (χ1) is 8.60. The number of nitrogens with one attached hydrogen (secondary N) is 2. The van der Waals surface area contributed by atoms with Gasteiger partial charge in [0.25, 0.3) is 5.91 Å². The van der Waals surface area contributed by atoms with Gasteiger partial charge in [-0.05, 0) is 31.4 Å². The van der Waals surface area contributed by atoms with E-state index in [1.165, 1.54) is 0 Å². The maximum absolute atomic E-state index is 12.2. The van der Waals surface area contributed by atoms with Crippen LogP contribution >= 0.6 is 0 Å². The Morgan fingerprint density at radius 1 is 1.61 bits per heavy atom. The molecule has 1 aliphatic rings.